The van der Waals surface area contributed by atoms with Gasteiger partial charge in [0, 0.05) is 32.0 Å². The molecule has 0 radical (unpaired) electrons. The predicted molar refractivity (Wildman–Crippen MR) is 126 cm³/mol. The van der Waals surface area contributed by atoms with Crippen molar-refractivity contribution in [3.05, 3.63) is 89.8 Å². The van der Waals surface area contributed by atoms with Crippen molar-refractivity contribution in [3.8, 4) is 0 Å². The normalized spacial score (nSPS) is 11.0. The highest BCUT2D eigenvalue weighted by molar-refractivity contribution is 14.0. The van der Waals surface area contributed by atoms with E-state index >= 15 is 0 Å². The Kier molecular flexibility index (Phi) is 9.63. The first-order valence-corrected chi connectivity index (χ1v) is 9.53. The minimum absolute atomic E-state index is 0. The van der Waals surface area contributed by atoms with E-state index in [0.717, 1.165) is 43.1 Å². The summed E-state index contributed by atoms with van der Waals surface area (Å²) in [6.07, 6.45) is 6.37. The van der Waals surface area contributed by atoms with Crippen LogP contribution in [0, 0.1) is 5.82 Å². The molecule has 0 aliphatic rings. The second-order valence-corrected chi connectivity index (χ2v) is 6.55. The largest absolute Gasteiger partial charge is 0.357 e. The van der Waals surface area contributed by atoms with E-state index < -0.39 is 0 Å². The highest BCUT2D eigenvalue weighted by Gasteiger charge is 2.00. The molecule has 154 valence electrons. The zero-order chi connectivity index (χ0) is 19.6. The van der Waals surface area contributed by atoms with Gasteiger partial charge in [0.05, 0.1) is 12.9 Å². The van der Waals surface area contributed by atoms with Gasteiger partial charge >= 0.3 is 0 Å². The molecule has 1 heterocycles. The molecule has 0 amide bonds. The molecule has 3 rings (SSSR count). The number of benzene rings is 2. The molecule has 29 heavy (non-hydrogen) atoms. The van der Waals surface area contributed by atoms with Crippen molar-refractivity contribution in [2.75, 3.05) is 13.1 Å². The fourth-order valence-electron chi connectivity index (χ4n) is 2.83. The van der Waals surface area contributed by atoms with Crippen molar-refractivity contribution in [1.29, 1.82) is 0 Å². The first-order chi connectivity index (χ1) is 13.7. The number of hydrogen-bond acceptors (Lipinski definition) is 2. The summed E-state index contributed by atoms with van der Waals surface area (Å²) in [5.74, 6) is 0.578. The maximum absolute atomic E-state index is 13.0. The molecule has 1 aromatic heterocycles. The van der Waals surface area contributed by atoms with Crippen molar-refractivity contribution in [2.24, 2.45) is 4.99 Å². The number of aliphatic imine (C=N–C) groups is 1. The minimum atomic E-state index is -0.206. The van der Waals surface area contributed by atoms with Crippen molar-refractivity contribution >= 4 is 29.9 Å². The van der Waals surface area contributed by atoms with Crippen molar-refractivity contribution < 1.29 is 4.39 Å². The minimum Gasteiger partial charge on any atom is -0.357 e. The van der Waals surface area contributed by atoms with E-state index in [1.165, 1.54) is 17.7 Å². The number of aromatic nitrogens is 2. The fourth-order valence-corrected chi connectivity index (χ4v) is 2.83. The van der Waals surface area contributed by atoms with Crippen LogP contribution in [0.2, 0.25) is 0 Å². The Labute approximate surface area is 188 Å². The molecule has 0 bridgehead atoms. The Morgan fingerprint density at radius 1 is 1.00 bits per heavy atom. The van der Waals surface area contributed by atoms with E-state index in [1.54, 1.807) is 6.20 Å². The van der Waals surface area contributed by atoms with Crippen LogP contribution < -0.4 is 10.6 Å². The van der Waals surface area contributed by atoms with E-state index in [-0.39, 0.29) is 29.8 Å². The Hall–Kier alpha value is -2.42. The number of hydrogen-bond donors (Lipinski definition) is 2. The third kappa shape index (κ3) is 7.84. The summed E-state index contributed by atoms with van der Waals surface area (Å²) in [5.41, 5.74) is 3.48. The molecule has 0 saturated carbocycles. The highest BCUT2D eigenvalue weighted by atomic mass is 127. The Balaban J connectivity index is 0.00000300. The summed E-state index contributed by atoms with van der Waals surface area (Å²) < 4.78 is 15.0. The van der Waals surface area contributed by atoms with Crippen LogP contribution in [0.5, 0.6) is 0 Å². The lowest BCUT2D eigenvalue weighted by Gasteiger charge is -2.11. The van der Waals surface area contributed by atoms with E-state index in [4.69, 9.17) is 0 Å². The van der Waals surface area contributed by atoms with Gasteiger partial charge in [0.1, 0.15) is 5.82 Å². The van der Waals surface area contributed by atoms with Crippen LogP contribution in [0.4, 0.5) is 4.39 Å². The van der Waals surface area contributed by atoms with Crippen LogP contribution in [-0.4, -0.2) is 28.6 Å². The molecular weight excluding hydrogens is 480 g/mol. The molecule has 7 heteroatoms. The van der Waals surface area contributed by atoms with Gasteiger partial charge in [-0.05, 0) is 42.2 Å². The van der Waals surface area contributed by atoms with E-state index in [0.29, 0.717) is 6.54 Å². The van der Waals surface area contributed by atoms with E-state index in [9.17, 15) is 4.39 Å². The smallest absolute Gasteiger partial charge is 0.191 e. The molecular formula is C22H27FIN5. The van der Waals surface area contributed by atoms with Crippen LogP contribution in [0.3, 0.4) is 0 Å². The average Bonchev–Trinajstić information content (AvgIpc) is 3.22. The average molecular weight is 507 g/mol. The summed E-state index contributed by atoms with van der Waals surface area (Å²) in [5, 5.41) is 6.59. The highest BCUT2D eigenvalue weighted by Crippen LogP contribution is 2.08. The number of halogens is 2. The van der Waals surface area contributed by atoms with Gasteiger partial charge in [0.15, 0.2) is 5.96 Å². The van der Waals surface area contributed by atoms with Crippen LogP contribution >= 0.6 is 24.0 Å². The molecule has 2 N–H and O–H groups in total. The molecule has 0 fully saturated rings. The van der Waals surface area contributed by atoms with Gasteiger partial charge in [-0.2, -0.15) is 0 Å². The number of guanidine groups is 1. The molecule has 0 aliphatic carbocycles. The molecule has 0 atom stereocenters. The molecule has 0 saturated heterocycles. The van der Waals surface area contributed by atoms with Crippen molar-refractivity contribution in [1.82, 2.24) is 20.2 Å². The van der Waals surface area contributed by atoms with E-state index in [2.05, 4.69) is 44.9 Å². The zero-order valence-corrected chi connectivity index (χ0v) is 18.8. The van der Waals surface area contributed by atoms with Crippen molar-refractivity contribution in [2.45, 2.75) is 26.4 Å². The number of nitrogens with one attached hydrogen (secondary N) is 2. The quantitative estimate of drug-likeness (QED) is 0.276. The topological polar surface area (TPSA) is 54.2 Å². The summed E-state index contributed by atoms with van der Waals surface area (Å²) in [6, 6.07) is 15.1. The maximum Gasteiger partial charge on any atom is 0.191 e. The van der Waals surface area contributed by atoms with Gasteiger partial charge in [-0.3, -0.25) is 0 Å². The summed E-state index contributed by atoms with van der Waals surface area (Å²) in [6.45, 7) is 5.00. The monoisotopic (exact) mass is 507 g/mol. The number of nitrogens with zero attached hydrogens (tertiary/aromatic N) is 3. The summed E-state index contributed by atoms with van der Waals surface area (Å²) in [4.78, 5) is 8.72. The van der Waals surface area contributed by atoms with Gasteiger partial charge in [0.25, 0.3) is 0 Å². The number of rotatable bonds is 8. The molecule has 0 spiro atoms. The van der Waals surface area contributed by atoms with Crippen molar-refractivity contribution in [3.63, 3.8) is 0 Å². The summed E-state index contributed by atoms with van der Waals surface area (Å²) in [7, 11) is 0. The third-order valence-corrected chi connectivity index (χ3v) is 4.33. The second-order valence-electron chi connectivity index (χ2n) is 6.55. The molecule has 2 aromatic carbocycles. The lowest BCUT2D eigenvalue weighted by Crippen LogP contribution is -2.38. The Morgan fingerprint density at radius 2 is 1.69 bits per heavy atom. The van der Waals surface area contributed by atoms with Gasteiger partial charge in [-0.15, -0.1) is 24.0 Å². The van der Waals surface area contributed by atoms with Crippen LogP contribution in [0.1, 0.15) is 23.6 Å². The summed E-state index contributed by atoms with van der Waals surface area (Å²) >= 11 is 0. The number of imidazole rings is 1. The third-order valence-electron chi connectivity index (χ3n) is 4.33. The standard InChI is InChI=1S/C22H26FN5.HI/c1-2-25-22(26-12-11-18-7-9-21(23)10-8-18)27-15-19-3-5-20(6-4-19)16-28-14-13-24-17-28;/h3-10,13-14,17H,2,11-12,15-16H2,1H3,(H2,25,26,27);1H. The molecule has 5 nitrogen and oxygen atoms in total. The maximum atomic E-state index is 13.0. The SMILES string of the molecule is CCNC(=NCc1ccc(Cn2ccnc2)cc1)NCCc1ccc(F)cc1.I. The van der Waals surface area contributed by atoms with E-state index in [1.807, 2.05) is 36.1 Å². The Morgan fingerprint density at radius 3 is 2.34 bits per heavy atom. The lowest BCUT2D eigenvalue weighted by molar-refractivity contribution is 0.626. The fraction of sp³-hybridized carbons (Fsp3) is 0.273. The Bertz CT molecular complexity index is 861. The van der Waals surface area contributed by atoms with Crippen LogP contribution in [0.25, 0.3) is 0 Å². The van der Waals surface area contributed by atoms with Gasteiger partial charge in [0.2, 0.25) is 0 Å². The predicted octanol–water partition coefficient (Wildman–Crippen LogP) is 3.99. The first-order valence-electron chi connectivity index (χ1n) is 9.53. The zero-order valence-electron chi connectivity index (χ0n) is 16.5. The lowest BCUT2D eigenvalue weighted by atomic mass is 10.1. The molecule has 0 aliphatic heterocycles. The van der Waals surface area contributed by atoms with Gasteiger partial charge in [-0.25, -0.2) is 14.4 Å². The first kappa shape index (κ1) is 22.9. The van der Waals surface area contributed by atoms with Gasteiger partial charge in [-0.1, -0.05) is 36.4 Å². The van der Waals surface area contributed by atoms with Crippen LogP contribution in [-0.2, 0) is 19.5 Å². The molecule has 3 aromatic rings. The second kappa shape index (κ2) is 12.2. The molecule has 0 unspecified atom stereocenters. The van der Waals surface area contributed by atoms with Crippen LogP contribution in [0.15, 0.2) is 72.2 Å². The van der Waals surface area contributed by atoms with Gasteiger partial charge < -0.3 is 15.2 Å².